The van der Waals surface area contributed by atoms with E-state index in [1.54, 1.807) is 27.9 Å². The van der Waals surface area contributed by atoms with Gasteiger partial charge in [-0.05, 0) is 42.3 Å². The molecule has 1 saturated carbocycles. The second kappa shape index (κ2) is 7.37. The summed E-state index contributed by atoms with van der Waals surface area (Å²) in [4.78, 5) is 6.20. The molecule has 1 aromatic carbocycles. The first-order valence-electron chi connectivity index (χ1n) is 9.52. The Morgan fingerprint density at radius 2 is 1.93 bits per heavy atom. The Morgan fingerprint density at radius 3 is 2.61 bits per heavy atom. The summed E-state index contributed by atoms with van der Waals surface area (Å²) < 4.78 is 30.3. The molecule has 1 aliphatic carbocycles. The zero-order valence-corrected chi connectivity index (χ0v) is 18.1. The van der Waals surface area contributed by atoms with Crippen LogP contribution in [0.25, 0.3) is 10.1 Å². The molecule has 0 atom stereocenters. The molecule has 1 aliphatic rings. The number of nitrogens with zero attached hydrogens (tertiary/aromatic N) is 3. The molecule has 2 aromatic heterocycles. The van der Waals surface area contributed by atoms with E-state index in [1.807, 2.05) is 38.1 Å². The second-order valence-electron chi connectivity index (χ2n) is 7.58. The quantitative estimate of drug-likeness (QED) is 0.563. The molecule has 3 aromatic rings. The summed E-state index contributed by atoms with van der Waals surface area (Å²) in [6.07, 6.45) is 6.40. The molecule has 0 saturated heterocycles. The Bertz CT molecular complexity index is 1100. The van der Waals surface area contributed by atoms with Crippen LogP contribution >= 0.6 is 11.3 Å². The first kappa shape index (κ1) is 19.2. The van der Waals surface area contributed by atoms with Gasteiger partial charge in [0.2, 0.25) is 0 Å². The molecule has 0 aliphatic heterocycles. The molecule has 0 spiro atoms. The molecule has 0 unspecified atom stereocenters. The minimum Gasteiger partial charge on any atom is -0.376 e. The molecular weight excluding hydrogens is 390 g/mol. The number of aromatic nitrogens is 1. The van der Waals surface area contributed by atoms with Crippen molar-refractivity contribution in [3.05, 3.63) is 48.3 Å². The van der Waals surface area contributed by atoms with Gasteiger partial charge in [-0.15, -0.1) is 11.3 Å². The maximum atomic E-state index is 13.8. The molecule has 0 bridgehead atoms. The first-order chi connectivity index (χ1) is 13.4. The summed E-state index contributed by atoms with van der Waals surface area (Å²) in [5.41, 5.74) is 1.68. The van der Waals surface area contributed by atoms with Gasteiger partial charge in [-0.1, -0.05) is 31.0 Å². The molecule has 148 valence electrons. The van der Waals surface area contributed by atoms with Gasteiger partial charge in [0, 0.05) is 37.7 Å². The number of rotatable bonds is 7. The Balaban J connectivity index is 1.84. The largest absolute Gasteiger partial charge is 0.376 e. The lowest BCUT2D eigenvalue weighted by Gasteiger charge is -2.26. The lowest BCUT2D eigenvalue weighted by Crippen LogP contribution is -2.33. The number of anilines is 2. The third-order valence-corrected chi connectivity index (χ3v) is 8.52. The van der Waals surface area contributed by atoms with Gasteiger partial charge in [0.25, 0.3) is 10.0 Å². The van der Waals surface area contributed by atoms with Crippen molar-refractivity contribution in [1.82, 2.24) is 4.98 Å². The Labute approximate surface area is 170 Å². The van der Waals surface area contributed by atoms with E-state index in [2.05, 4.69) is 17.1 Å². The van der Waals surface area contributed by atoms with Crippen molar-refractivity contribution in [2.45, 2.75) is 31.1 Å². The van der Waals surface area contributed by atoms with Crippen molar-refractivity contribution in [1.29, 1.82) is 0 Å². The van der Waals surface area contributed by atoms with Gasteiger partial charge in [-0.25, -0.2) is 8.42 Å². The third kappa shape index (κ3) is 3.49. The van der Waals surface area contributed by atoms with Gasteiger partial charge in [-0.3, -0.25) is 9.29 Å². The number of aryl methyl sites for hydroxylation is 1. The fraction of sp³-hybridized carbons (Fsp3) is 0.381. The van der Waals surface area contributed by atoms with Crippen LogP contribution in [0.15, 0.2) is 47.6 Å². The van der Waals surface area contributed by atoms with Crippen molar-refractivity contribution >= 4 is 42.1 Å². The van der Waals surface area contributed by atoms with Crippen LogP contribution in [0.1, 0.15) is 24.8 Å². The topological polar surface area (TPSA) is 53.5 Å². The Morgan fingerprint density at radius 1 is 1.18 bits per heavy atom. The van der Waals surface area contributed by atoms with Crippen molar-refractivity contribution in [3.8, 4) is 0 Å². The fourth-order valence-corrected chi connectivity index (χ4v) is 6.69. The number of sulfonamides is 1. The predicted octanol–water partition coefficient (Wildman–Crippen LogP) is 4.67. The van der Waals surface area contributed by atoms with Crippen LogP contribution in [0.5, 0.6) is 0 Å². The number of thiophene rings is 1. The third-order valence-electron chi connectivity index (χ3n) is 5.29. The van der Waals surface area contributed by atoms with Gasteiger partial charge in [0.15, 0.2) is 0 Å². The number of fused-ring (bicyclic) bond motifs is 1. The molecule has 7 heteroatoms. The summed E-state index contributed by atoms with van der Waals surface area (Å²) in [7, 11) is -0.0188. The lowest BCUT2D eigenvalue weighted by molar-refractivity contribution is 0.587. The van der Waals surface area contributed by atoms with Crippen LogP contribution in [0.2, 0.25) is 0 Å². The van der Waals surface area contributed by atoms with Crippen molar-refractivity contribution in [2.24, 2.45) is 5.92 Å². The van der Waals surface area contributed by atoms with Crippen molar-refractivity contribution < 1.29 is 8.42 Å². The van der Waals surface area contributed by atoms with E-state index in [-0.39, 0.29) is 4.90 Å². The highest BCUT2D eigenvalue weighted by atomic mass is 32.2. The fourth-order valence-electron chi connectivity index (χ4n) is 3.50. The molecule has 5 nitrogen and oxygen atoms in total. The first-order valence-corrected chi connectivity index (χ1v) is 11.8. The molecule has 4 rings (SSSR count). The van der Waals surface area contributed by atoms with Gasteiger partial charge >= 0.3 is 0 Å². The molecule has 28 heavy (non-hydrogen) atoms. The van der Waals surface area contributed by atoms with E-state index in [9.17, 15) is 8.42 Å². The maximum absolute atomic E-state index is 13.8. The molecule has 0 N–H and O–H groups in total. The van der Waals surface area contributed by atoms with E-state index >= 15 is 0 Å². The second-order valence-corrected chi connectivity index (χ2v) is 10.4. The molecule has 0 amide bonds. The van der Waals surface area contributed by atoms with Crippen LogP contribution in [-0.4, -0.2) is 34.0 Å². The highest BCUT2D eigenvalue weighted by molar-refractivity contribution is 7.93. The van der Waals surface area contributed by atoms with Gasteiger partial charge in [0.05, 0.1) is 5.69 Å². The summed E-state index contributed by atoms with van der Waals surface area (Å²) >= 11 is 1.55. The van der Waals surface area contributed by atoms with Gasteiger partial charge in [-0.2, -0.15) is 0 Å². The standard InChI is InChI=1S/C21H25N3O2S2/c1-15-17-6-4-5-7-19(17)27-21(15)24(13-11-16-8-9-16)28(25,26)20-14-22-12-10-18(20)23(2)3/h4-7,10,12,14,16H,8-9,11,13H2,1-3H3. The van der Waals surface area contributed by atoms with E-state index in [1.165, 1.54) is 19.0 Å². The summed E-state index contributed by atoms with van der Waals surface area (Å²) in [5.74, 6) is 0.648. The minimum absolute atomic E-state index is 0.257. The predicted molar refractivity (Wildman–Crippen MR) is 117 cm³/mol. The zero-order valence-electron chi connectivity index (χ0n) is 16.4. The summed E-state index contributed by atoms with van der Waals surface area (Å²) in [6, 6.07) is 9.86. The average molecular weight is 416 g/mol. The van der Waals surface area contributed by atoms with E-state index in [0.717, 1.165) is 27.1 Å². The monoisotopic (exact) mass is 415 g/mol. The Kier molecular flexibility index (Phi) is 5.05. The summed E-state index contributed by atoms with van der Waals surface area (Å²) in [6.45, 7) is 2.52. The zero-order chi connectivity index (χ0) is 19.9. The van der Waals surface area contributed by atoms with Crippen LogP contribution in [0.4, 0.5) is 10.7 Å². The smallest absolute Gasteiger partial charge is 0.268 e. The van der Waals surface area contributed by atoms with Crippen LogP contribution in [-0.2, 0) is 10.0 Å². The van der Waals surface area contributed by atoms with E-state index in [0.29, 0.717) is 18.2 Å². The highest BCUT2D eigenvalue weighted by Gasteiger charge is 2.33. The molecule has 2 heterocycles. The average Bonchev–Trinajstić information content (AvgIpc) is 3.45. The van der Waals surface area contributed by atoms with Crippen LogP contribution in [0, 0.1) is 12.8 Å². The van der Waals surface area contributed by atoms with Crippen molar-refractivity contribution in [3.63, 3.8) is 0 Å². The SMILES string of the molecule is Cc1c(N(CCC2CC2)S(=O)(=O)c2cnccc2N(C)C)sc2ccccc12. The number of benzene rings is 1. The van der Waals surface area contributed by atoms with Crippen LogP contribution < -0.4 is 9.21 Å². The number of hydrogen-bond donors (Lipinski definition) is 0. The van der Waals surface area contributed by atoms with Crippen LogP contribution in [0.3, 0.4) is 0 Å². The lowest BCUT2D eigenvalue weighted by atomic mass is 10.2. The molecule has 1 fully saturated rings. The highest BCUT2D eigenvalue weighted by Crippen LogP contribution is 2.42. The van der Waals surface area contributed by atoms with E-state index in [4.69, 9.17) is 0 Å². The van der Waals surface area contributed by atoms with Gasteiger partial charge in [0.1, 0.15) is 9.90 Å². The Hall–Kier alpha value is -2.12. The maximum Gasteiger partial charge on any atom is 0.268 e. The van der Waals surface area contributed by atoms with E-state index < -0.39 is 10.0 Å². The number of pyridine rings is 1. The molecule has 0 radical (unpaired) electrons. The summed E-state index contributed by atoms with van der Waals surface area (Å²) in [5, 5.41) is 1.93. The number of hydrogen-bond acceptors (Lipinski definition) is 5. The normalized spacial score (nSPS) is 14.4. The molecular formula is C21H25N3O2S2. The minimum atomic E-state index is -3.73. The van der Waals surface area contributed by atoms with Crippen molar-refractivity contribution in [2.75, 3.05) is 29.8 Å². The van der Waals surface area contributed by atoms with Gasteiger partial charge < -0.3 is 4.90 Å².